The van der Waals surface area contributed by atoms with E-state index in [9.17, 15) is 0 Å². The van der Waals surface area contributed by atoms with Gasteiger partial charge in [-0.15, -0.1) is 0 Å². The maximum absolute atomic E-state index is 5.42. The molecule has 1 aromatic rings. The minimum atomic E-state index is 0.888. The van der Waals surface area contributed by atoms with Gasteiger partial charge in [-0.2, -0.15) is 0 Å². The van der Waals surface area contributed by atoms with Crippen molar-refractivity contribution in [2.45, 2.75) is 33.7 Å². The third-order valence-electron chi connectivity index (χ3n) is 2.44. The Morgan fingerprint density at radius 3 is 2.60 bits per heavy atom. The maximum Gasteiger partial charge on any atom is 0.126 e. The van der Waals surface area contributed by atoms with Gasteiger partial charge in [0, 0.05) is 12.1 Å². The van der Waals surface area contributed by atoms with E-state index in [-0.39, 0.29) is 0 Å². The largest absolute Gasteiger partial charge is 0.496 e. The van der Waals surface area contributed by atoms with Gasteiger partial charge in [0.05, 0.1) is 7.11 Å². The molecule has 1 aromatic carbocycles. The fourth-order valence-electron chi connectivity index (χ4n) is 1.87. The van der Waals surface area contributed by atoms with Gasteiger partial charge in [0.25, 0.3) is 0 Å². The van der Waals surface area contributed by atoms with Gasteiger partial charge in [-0.1, -0.05) is 24.6 Å². The van der Waals surface area contributed by atoms with E-state index in [0.717, 1.165) is 25.3 Å². The van der Waals surface area contributed by atoms with Crippen LogP contribution >= 0.6 is 0 Å². The number of methoxy groups -OCH3 is 1. The van der Waals surface area contributed by atoms with Gasteiger partial charge in [0.1, 0.15) is 5.75 Å². The van der Waals surface area contributed by atoms with Crippen molar-refractivity contribution in [2.24, 2.45) is 0 Å². The number of ether oxygens (including phenoxy) is 1. The number of rotatable bonds is 5. The first-order valence-corrected chi connectivity index (χ1v) is 5.53. The summed E-state index contributed by atoms with van der Waals surface area (Å²) in [5.74, 6) is 1.02. The van der Waals surface area contributed by atoms with E-state index in [1.165, 1.54) is 16.7 Å². The van der Waals surface area contributed by atoms with Gasteiger partial charge < -0.3 is 10.1 Å². The lowest BCUT2D eigenvalue weighted by Crippen LogP contribution is -2.14. The normalized spacial score (nSPS) is 10.4. The van der Waals surface area contributed by atoms with E-state index in [4.69, 9.17) is 4.74 Å². The van der Waals surface area contributed by atoms with Crippen molar-refractivity contribution in [3.8, 4) is 5.75 Å². The molecular formula is C13H21NO. The minimum absolute atomic E-state index is 0.888. The molecule has 0 saturated carbocycles. The molecule has 0 fully saturated rings. The molecule has 1 N–H and O–H groups in total. The summed E-state index contributed by atoms with van der Waals surface area (Å²) < 4.78 is 5.42. The Hall–Kier alpha value is -1.02. The summed E-state index contributed by atoms with van der Waals surface area (Å²) in [5.41, 5.74) is 3.76. The van der Waals surface area contributed by atoms with Crippen LogP contribution in [0, 0.1) is 13.8 Å². The van der Waals surface area contributed by atoms with Crippen LogP contribution in [0.5, 0.6) is 5.75 Å². The van der Waals surface area contributed by atoms with Crippen LogP contribution in [-0.2, 0) is 6.54 Å². The molecule has 15 heavy (non-hydrogen) atoms. The third-order valence-corrected chi connectivity index (χ3v) is 2.44. The van der Waals surface area contributed by atoms with Gasteiger partial charge in [0.15, 0.2) is 0 Å². The van der Waals surface area contributed by atoms with E-state index >= 15 is 0 Å². The highest BCUT2D eigenvalue weighted by Crippen LogP contribution is 2.24. The SMILES string of the molecule is CCCNCc1cc(C)cc(C)c1OC. The molecule has 0 saturated heterocycles. The molecule has 2 heteroatoms. The predicted molar refractivity (Wildman–Crippen MR) is 64.5 cm³/mol. The van der Waals surface area contributed by atoms with Gasteiger partial charge >= 0.3 is 0 Å². The van der Waals surface area contributed by atoms with Gasteiger partial charge in [-0.25, -0.2) is 0 Å². The molecule has 0 amide bonds. The van der Waals surface area contributed by atoms with Gasteiger partial charge in [0.2, 0.25) is 0 Å². The summed E-state index contributed by atoms with van der Waals surface area (Å²) in [4.78, 5) is 0. The molecule has 1 rings (SSSR count). The zero-order chi connectivity index (χ0) is 11.3. The van der Waals surface area contributed by atoms with Crippen molar-refractivity contribution in [3.05, 3.63) is 28.8 Å². The van der Waals surface area contributed by atoms with Crippen LogP contribution in [0.25, 0.3) is 0 Å². The highest BCUT2D eigenvalue weighted by molar-refractivity contribution is 5.43. The Bertz CT molecular complexity index is 321. The lowest BCUT2D eigenvalue weighted by molar-refractivity contribution is 0.404. The Labute approximate surface area is 92.6 Å². The van der Waals surface area contributed by atoms with Crippen LogP contribution in [0.1, 0.15) is 30.0 Å². The van der Waals surface area contributed by atoms with Crippen LogP contribution in [0.2, 0.25) is 0 Å². The Balaban J connectivity index is 2.84. The first-order chi connectivity index (χ1) is 7.19. The summed E-state index contributed by atoms with van der Waals surface area (Å²) in [6.07, 6.45) is 1.16. The number of nitrogens with one attached hydrogen (secondary N) is 1. The number of aryl methyl sites for hydroxylation is 2. The third kappa shape index (κ3) is 3.24. The van der Waals surface area contributed by atoms with Crippen LogP contribution in [-0.4, -0.2) is 13.7 Å². The van der Waals surface area contributed by atoms with E-state index in [0.29, 0.717) is 0 Å². The van der Waals surface area contributed by atoms with E-state index < -0.39 is 0 Å². The summed E-state index contributed by atoms with van der Waals surface area (Å²) in [7, 11) is 1.74. The fraction of sp³-hybridized carbons (Fsp3) is 0.538. The number of hydrogen-bond acceptors (Lipinski definition) is 2. The molecule has 84 valence electrons. The fourth-order valence-corrected chi connectivity index (χ4v) is 1.87. The highest BCUT2D eigenvalue weighted by Gasteiger charge is 2.06. The molecule has 0 spiro atoms. The molecule has 0 atom stereocenters. The lowest BCUT2D eigenvalue weighted by atomic mass is 10.1. The zero-order valence-corrected chi connectivity index (χ0v) is 10.2. The highest BCUT2D eigenvalue weighted by atomic mass is 16.5. The number of hydrogen-bond donors (Lipinski definition) is 1. The van der Waals surface area contributed by atoms with Crippen LogP contribution in [0.15, 0.2) is 12.1 Å². The predicted octanol–water partition coefficient (Wildman–Crippen LogP) is 2.81. The molecule has 0 unspecified atom stereocenters. The smallest absolute Gasteiger partial charge is 0.126 e. The summed E-state index contributed by atoms with van der Waals surface area (Å²) in [5, 5.41) is 3.40. The first kappa shape index (κ1) is 12.1. The molecule has 2 nitrogen and oxygen atoms in total. The summed E-state index contributed by atoms with van der Waals surface area (Å²) >= 11 is 0. The molecule has 0 aliphatic carbocycles. The second-order valence-corrected chi connectivity index (χ2v) is 3.95. The quantitative estimate of drug-likeness (QED) is 0.750. The number of benzene rings is 1. The maximum atomic E-state index is 5.42. The van der Waals surface area contributed by atoms with E-state index in [2.05, 4.69) is 38.2 Å². The van der Waals surface area contributed by atoms with Crippen molar-refractivity contribution in [3.63, 3.8) is 0 Å². The topological polar surface area (TPSA) is 21.3 Å². The Morgan fingerprint density at radius 2 is 2.00 bits per heavy atom. The molecule has 0 aliphatic rings. The van der Waals surface area contributed by atoms with E-state index in [1.54, 1.807) is 7.11 Å². The van der Waals surface area contributed by atoms with Gasteiger partial charge in [-0.3, -0.25) is 0 Å². The average Bonchev–Trinajstić information content (AvgIpc) is 2.17. The average molecular weight is 207 g/mol. The van der Waals surface area contributed by atoms with Crippen molar-refractivity contribution >= 4 is 0 Å². The second kappa shape index (κ2) is 5.76. The summed E-state index contributed by atoms with van der Waals surface area (Å²) in [6.45, 7) is 8.33. The molecule has 0 aromatic heterocycles. The van der Waals surface area contributed by atoms with Crippen LogP contribution < -0.4 is 10.1 Å². The van der Waals surface area contributed by atoms with E-state index in [1.807, 2.05) is 0 Å². The molecule has 0 radical (unpaired) electrons. The van der Waals surface area contributed by atoms with Crippen molar-refractivity contribution in [1.82, 2.24) is 5.32 Å². The van der Waals surface area contributed by atoms with Crippen molar-refractivity contribution in [2.75, 3.05) is 13.7 Å². The summed E-state index contributed by atoms with van der Waals surface area (Å²) in [6, 6.07) is 4.34. The second-order valence-electron chi connectivity index (χ2n) is 3.95. The minimum Gasteiger partial charge on any atom is -0.496 e. The first-order valence-electron chi connectivity index (χ1n) is 5.53. The van der Waals surface area contributed by atoms with Crippen molar-refractivity contribution in [1.29, 1.82) is 0 Å². The molecule has 0 bridgehead atoms. The monoisotopic (exact) mass is 207 g/mol. The zero-order valence-electron chi connectivity index (χ0n) is 10.2. The van der Waals surface area contributed by atoms with Gasteiger partial charge in [-0.05, 0) is 32.4 Å². The molecular weight excluding hydrogens is 186 g/mol. The van der Waals surface area contributed by atoms with Crippen LogP contribution in [0.4, 0.5) is 0 Å². The molecule has 0 aliphatic heterocycles. The standard InChI is InChI=1S/C13H21NO/c1-5-6-14-9-12-8-10(2)7-11(3)13(12)15-4/h7-8,14H,5-6,9H2,1-4H3. The lowest BCUT2D eigenvalue weighted by Gasteiger charge is -2.13. The molecule has 0 heterocycles. The van der Waals surface area contributed by atoms with Crippen molar-refractivity contribution < 1.29 is 4.74 Å². The van der Waals surface area contributed by atoms with Crippen LogP contribution in [0.3, 0.4) is 0 Å². The Kier molecular flexibility index (Phi) is 4.63. The Morgan fingerprint density at radius 1 is 1.27 bits per heavy atom.